The van der Waals surface area contributed by atoms with Crippen LogP contribution in [-0.2, 0) is 4.79 Å². The minimum Gasteiger partial charge on any atom is -0.299 e. The van der Waals surface area contributed by atoms with E-state index in [1.807, 2.05) is 6.07 Å². The molecule has 0 fully saturated rings. The first kappa shape index (κ1) is 20.4. The zero-order chi connectivity index (χ0) is 20.6. The van der Waals surface area contributed by atoms with Crippen molar-refractivity contribution in [2.45, 2.75) is 0 Å². The molecular formula is C22H17BrFN3O2. The maximum atomic E-state index is 13.0. The van der Waals surface area contributed by atoms with Crippen molar-refractivity contribution in [3.8, 4) is 0 Å². The lowest BCUT2D eigenvalue weighted by Gasteiger charge is -2.22. The molecule has 7 heteroatoms. The molecule has 3 aromatic rings. The van der Waals surface area contributed by atoms with Gasteiger partial charge >= 0.3 is 0 Å². The van der Waals surface area contributed by atoms with E-state index in [0.29, 0.717) is 16.8 Å². The third kappa shape index (κ3) is 5.83. The molecule has 0 spiro atoms. The Kier molecular flexibility index (Phi) is 6.86. The van der Waals surface area contributed by atoms with Gasteiger partial charge in [-0.25, -0.2) is 9.82 Å². The molecule has 2 amide bonds. The van der Waals surface area contributed by atoms with Crippen LogP contribution in [0.5, 0.6) is 0 Å². The van der Waals surface area contributed by atoms with E-state index >= 15 is 0 Å². The third-order valence-electron chi connectivity index (χ3n) is 3.98. The van der Waals surface area contributed by atoms with Crippen molar-refractivity contribution in [1.82, 2.24) is 5.43 Å². The molecule has 0 atom stereocenters. The Morgan fingerprint density at radius 1 is 0.966 bits per heavy atom. The van der Waals surface area contributed by atoms with E-state index in [4.69, 9.17) is 0 Å². The molecule has 5 nitrogen and oxygen atoms in total. The molecule has 0 aliphatic rings. The molecule has 0 aliphatic heterocycles. The number of hydrogen-bond acceptors (Lipinski definition) is 3. The molecule has 0 radical (unpaired) electrons. The molecule has 0 bridgehead atoms. The van der Waals surface area contributed by atoms with E-state index in [2.05, 4.69) is 26.5 Å². The number of hydrogen-bond donors (Lipinski definition) is 1. The van der Waals surface area contributed by atoms with Gasteiger partial charge in [-0.05, 0) is 54.1 Å². The SMILES string of the molecule is O=C(CN(C(=O)c1ccccc1)c1ccc(Br)cc1)N/N=C/c1ccc(F)cc1. The fourth-order valence-corrected chi connectivity index (χ4v) is 2.81. The number of rotatable bonds is 6. The Morgan fingerprint density at radius 3 is 2.28 bits per heavy atom. The second-order valence-corrected chi connectivity index (χ2v) is 6.99. The molecule has 146 valence electrons. The van der Waals surface area contributed by atoms with Crippen LogP contribution in [0, 0.1) is 5.82 Å². The van der Waals surface area contributed by atoms with Crippen molar-refractivity contribution in [2.75, 3.05) is 11.4 Å². The number of nitrogens with zero attached hydrogens (tertiary/aromatic N) is 2. The summed E-state index contributed by atoms with van der Waals surface area (Å²) in [6.45, 7) is -0.212. The predicted molar refractivity (Wildman–Crippen MR) is 114 cm³/mol. The summed E-state index contributed by atoms with van der Waals surface area (Å²) in [5.41, 5.74) is 4.09. The van der Waals surface area contributed by atoms with Crippen LogP contribution in [0.3, 0.4) is 0 Å². The lowest BCUT2D eigenvalue weighted by molar-refractivity contribution is -0.119. The van der Waals surface area contributed by atoms with Gasteiger partial charge in [0, 0.05) is 15.7 Å². The summed E-state index contributed by atoms with van der Waals surface area (Å²) >= 11 is 3.36. The number of halogens is 2. The summed E-state index contributed by atoms with van der Waals surface area (Å²) in [6, 6.07) is 21.5. The number of carbonyl (C=O) groups excluding carboxylic acids is 2. The maximum absolute atomic E-state index is 13.0. The molecule has 0 aromatic heterocycles. The molecule has 29 heavy (non-hydrogen) atoms. The van der Waals surface area contributed by atoms with Crippen molar-refractivity contribution in [1.29, 1.82) is 0 Å². The second-order valence-electron chi connectivity index (χ2n) is 6.08. The average molecular weight is 454 g/mol. The summed E-state index contributed by atoms with van der Waals surface area (Å²) in [5.74, 6) is -1.11. The number of anilines is 1. The van der Waals surface area contributed by atoms with E-state index in [1.54, 1.807) is 48.5 Å². The summed E-state index contributed by atoms with van der Waals surface area (Å²) in [5, 5.41) is 3.87. The zero-order valence-electron chi connectivity index (χ0n) is 15.3. The molecule has 3 aromatic carbocycles. The van der Waals surface area contributed by atoms with E-state index < -0.39 is 5.91 Å². The molecule has 1 N–H and O–H groups in total. The van der Waals surface area contributed by atoms with E-state index in [1.165, 1.54) is 35.4 Å². The van der Waals surface area contributed by atoms with Crippen molar-refractivity contribution in [2.24, 2.45) is 5.10 Å². The fourth-order valence-electron chi connectivity index (χ4n) is 2.54. The van der Waals surface area contributed by atoms with E-state index in [9.17, 15) is 14.0 Å². The molecule has 3 rings (SSSR count). The summed E-state index contributed by atoms with van der Waals surface area (Å²) in [7, 11) is 0. The van der Waals surface area contributed by atoms with Gasteiger partial charge < -0.3 is 0 Å². The van der Waals surface area contributed by atoms with Crippen molar-refractivity contribution >= 4 is 39.6 Å². The number of amides is 2. The summed E-state index contributed by atoms with van der Waals surface area (Å²) in [6.07, 6.45) is 1.40. The quantitative estimate of drug-likeness (QED) is 0.444. The number of carbonyl (C=O) groups is 2. The summed E-state index contributed by atoms with van der Waals surface area (Å²) < 4.78 is 13.8. The van der Waals surface area contributed by atoms with Crippen LogP contribution in [0.25, 0.3) is 0 Å². The van der Waals surface area contributed by atoms with Gasteiger partial charge in [0.15, 0.2) is 0 Å². The molecule has 0 aliphatic carbocycles. The molecule has 0 saturated carbocycles. The van der Waals surface area contributed by atoms with Crippen molar-refractivity contribution < 1.29 is 14.0 Å². The van der Waals surface area contributed by atoms with Crippen LogP contribution < -0.4 is 10.3 Å². The largest absolute Gasteiger partial charge is 0.299 e. The Labute approximate surface area is 176 Å². The smallest absolute Gasteiger partial charge is 0.260 e. The van der Waals surface area contributed by atoms with Gasteiger partial charge in [-0.3, -0.25) is 14.5 Å². The number of nitrogens with one attached hydrogen (secondary N) is 1. The Hall–Kier alpha value is -3.32. The highest BCUT2D eigenvalue weighted by molar-refractivity contribution is 9.10. The fraction of sp³-hybridized carbons (Fsp3) is 0.0455. The lowest BCUT2D eigenvalue weighted by atomic mass is 10.2. The minimum atomic E-state index is -0.462. The summed E-state index contributed by atoms with van der Waals surface area (Å²) in [4.78, 5) is 26.7. The number of hydrazone groups is 1. The van der Waals surface area contributed by atoms with Crippen molar-refractivity contribution in [3.63, 3.8) is 0 Å². The Balaban J connectivity index is 1.73. The van der Waals surface area contributed by atoms with Crippen LogP contribution in [0.1, 0.15) is 15.9 Å². The first-order valence-electron chi connectivity index (χ1n) is 8.73. The standard InChI is InChI=1S/C22H17BrFN3O2/c23-18-8-12-20(13-9-18)27(22(29)17-4-2-1-3-5-17)15-21(28)26-25-14-16-6-10-19(24)11-7-16/h1-14H,15H2,(H,26,28)/b25-14+. The van der Waals surface area contributed by atoms with E-state index in [0.717, 1.165) is 4.47 Å². The highest BCUT2D eigenvalue weighted by atomic mass is 79.9. The van der Waals surface area contributed by atoms with E-state index in [-0.39, 0.29) is 18.3 Å². The van der Waals surface area contributed by atoms with Gasteiger partial charge in [0.05, 0.1) is 6.21 Å². The van der Waals surface area contributed by atoms with Gasteiger partial charge in [0.1, 0.15) is 12.4 Å². The number of benzene rings is 3. The first-order chi connectivity index (χ1) is 14.0. The Morgan fingerprint density at radius 2 is 1.62 bits per heavy atom. The Bertz CT molecular complexity index is 1010. The van der Waals surface area contributed by atoms with Crippen LogP contribution in [-0.4, -0.2) is 24.6 Å². The second kappa shape index (κ2) is 9.75. The highest BCUT2D eigenvalue weighted by Crippen LogP contribution is 2.20. The highest BCUT2D eigenvalue weighted by Gasteiger charge is 2.20. The third-order valence-corrected chi connectivity index (χ3v) is 4.51. The molecule has 0 heterocycles. The van der Waals surface area contributed by atoms with Crippen LogP contribution in [0.15, 0.2) is 88.4 Å². The van der Waals surface area contributed by atoms with Gasteiger partial charge in [0.2, 0.25) is 0 Å². The predicted octanol–water partition coefficient (Wildman–Crippen LogP) is 4.39. The lowest BCUT2D eigenvalue weighted by Crippen LogP contribution is -2.39. The van der Waals surface area contributed by atoms with Crippen LogP contribution in [0.2, 0.25) is 0 Å². The van der Waals surface area contributed by atoms with Crippen LogP contribution >= 0.6 is 15.9 Å². The van der Waals surface area contributed by atoms with Gasteiger partial charge in [-0.1, -0.05) is 46.3 Å². The minimum absolute atomic E-state index is 0.212. The van der Waals surface area contributed by atoms with Gasteiger partial charge in [-0.2, -0.15) is 5.10 Å². The van der Waals surface area contributed by atoms with Gasteiger partial charge in [-0.15, -0.1) is 0 Å². The average Bonchev–Trinajstić information content (AvgIpc) is 2.74. The van der Waals surface area contributed by atoms with Crippen molar-refractivity contribution in [3.05, 3.63) is 100 Å². The molecule has 0 saturated heterocycles. The van der Waals surface area contributed by atoms with Crippen LogP contribution in [0.4, 0.5) is 10.1 Å². The topological polar surface area (TPSA) is 61.8 Å². The van der Waals surface area contributed by atoms with Gasteiger partial charge in [0.25, 0.3) is 11.8 Å². The zero-order valence-corrected chi connectivity index (χ0v) is 16.8. The molecule has 0 unspecified atom stereocenters. The molecular weight excluding hydrogens is 437 g/mol. The first-order valence-corrected chi connectivity index (χ1v) is 9.52. The normalized spacial score (nSPS) is 10.7. The maximum Gasteiger partial charge on any atom is 0.260 e. The monoisotopic (exact) mass is 453 g/mol.